The van der Waals surface area contributed by atoms with Crippen molar-refractivity contribution in [2.45, 2.75) is 30.9 Å². The molecule has 8 heteroatoms. The Hall–Kier alpha value is -0.990. The van der Waals surface area contributed by atoms with Crippen molar-refractivity contribution in [2.24, 2.45) is 5.92 Å². The summed E-state index contributed by atoms with van der Waals surface area (Å²) in [4.78, 5) is 14.5. The molecule has 0 aromatic carbocycles. The number of aryl methyl sites for hydroxylation is 1. The quantitative estimate of drug-likeness (QED) is 0.737. The van der Waals surface area contributed by atoms with Crippen LogP contribution in [0.5, 0.6) is 0 Å². The molecule has 0 aliphatic rings. The fourth-order valence-electron chi connectivity index (χ4n) is 1.28. The molecule has 0 amide bonds. The smallest absolute Gasteiger partial charge is 0.306 e. The number of carboxylic acid groups (broad SMARTS) is 1. The molecule has 1 aromatic heterocycles. The Balaban J connectivity index is 2.42. The van der Waals surface area contributed by atoms with Crippen LogP contribution in [0.4, 0.5) is 0 Å². The number of thiazole rings is 1. The van der Waals surface area contributed by atoms with E-state index in [0.29, 0.717) is 17.8 Å². The highest BCUT2D eigenvalue weighted by Gasteiger charge is 2.17. The minimum Gasteiger partial charge on any atom is -0.481 e. The highest BCUT2D eigenvalue weighted by Crippen LogP contribution is 2.17. The van der Waals surface area contributed by atoms with Gasteiger partial charge in [0.1, 0.15) is 0 Å². The highest BCUT2D eigenvalue weighted by atomic mass is 32.2. The number of nitrogens with one attached hydrogen (secondary N) is 1. The lowest BCUT2D eigenvalue weighted by molar-refractivity contribution is -0.141. The van der Waals surface area contributed by atoms with Crippen LogP contribution >= 0.6 is 11.3 Å². The first-order valence-electron chi connectivity index (χ1n) is 5.48. The van der Waals surface area contributed by atoms with Gasteiger partial charge in [0.25, 0.3) is 10.0 Å². The molecule has 102 valence electrons. The van der Waals surface area contributed by atoms with Gasteiger partial charge in [0.2, 0.25) is 0 Å². The summed E-state index contributed by atoms with van der Waals surface area (Å²) in [5, 5.41) is 9.37. The van der Waals surface area contributed by atoms with Crippen LogP contribution in [0.2, 0.25) is 0 Å². The van der Waals surface area contributed by atoms with Crippen molar-refractivity contribution in [2.75, 3.05) is 6.54 Å². The zero-order valence-electron chi connectivity index (χ0n) is 10.2. The van der Waals surface area contributed by atoms with Gasteiger partial charge in [-0.25, -0.2) is 18.1 Å². The predicted octanol–water partition coefficient (Wildman–Crippen LogP) is 1.23. The highest BCUT2D eigenvalue weighted by molar-refractivity contribution is 7.91. The molecule has 0 aliphatic carbocycles. The summed E-state index contributed by atoms with van der Waals surface area (Å²) in [6.45, 7) is 3.57. The maximum absolute atomic E-state index is 11.8. The van der Waals surface area contributed by atoms with Crippen LogP contribution in [-0.4, -0.2) is 31.0 Å². The number of carboxylic acids is 1. The van der Waals surface area contributed by atoms with Gasteiger partial charge in [-0.2, -0.15) is 0 Å². The fraction of sp³-hybridized carbons (Fsp3) is 0.600. The number of aromatic nitrogens is 1. The van der Waals surface area contributed by atoms with Gasteiger partial charge in [0.05, 0.1) is 17.1 Å². The van der Waals surface area contributed by atoms with Crippen LogP contribution in [0, 0.1) is 12.8 Å². The van der Waals surface area contributed by atoms with Crippen LogP contribution in [0.1, 0.15) is 24.8 Å². The molecule has 2 N–H and O–H groups in total. The van der Waals surface area contributed by atoms with E-state index in [-0.39, 0.29) is 10.8 Å². The number of hydrogen-bond acceptors (Lipinski definition) is 5. The minimum absolute atomic E-state index is 0.186. The third-order valence-corrected chi connectivity index (χ3v) is 5.23. The van der Waals surface area contributed by atoms with Crippen LogP contribution < -0.4 is 4.72 Å². The summed E-state index contributed by atoms with van der Waals surface area (Å²) in [5.74, 6) is -1.32. The normalized spacial score (nSPS) is 13.4. The topological polar surface area (TPSA) is 96.4 Å². The average Bonchev–Trinajstić information content (AvgIpc) is 2.71. The van der Waals surface area contributed by atoms with E-state index in [9.17, 15) is 13.2 Å². The van der Waals surface area contributed by atoms with Crippen LogP contribution in [0.25, 0.3) is 0 Å². The molecule has 0 radical (unpaired) electrons. The van der Waals surface area contributed by atoms with Gasteiger partial charge >= 0.3 is 5.97 Å². The van der Waals surface area contributed by atoms with E-state index in [4.69, 9.17) is 5.11 Å². The van der Waals surface area contributed by atoms with Gasteiger partial charge in [-0.05, 0) is 19.8 Å². The van der Waals surface area contributed by atoms with Gasteiger partial charge in [-0.1, -0.05) is 6.92 Å². The van der Waals surface area contributed by atoms with Crippen LogP contribution in [0.15, 0.2) is 10.4 Å². The summed E-state index contributed by atoms with van der Waals surface area (Å²) in [7, 11) is -3.50. The molecule has 0 aliphatic heterocycles. The molecule has 1 aromatic rings. The lowest BCUT2D eigenvalue weighted by atomic mass is 10.1. The molecule has 0 fully saturated rings. The van der Waals surface area contributed by atoms with Crippen molar-refractivity contribution in [3.8, 4) is 0 Å². The summed E-state index contributed by atoms with van der Waals surface area (Å²) in [6.07, 6.45) is 2.26. The Morgan fingerprint density at radius 2 is 2.28 bits per heavy atom. The molecule has 0 saturated carbocycles. The molecular formula is C10H16N2O4S2. The Bertz CT molecular complexity index is 510. The summed E-state index contributed by atoms with van der Waals surface area (Å²) >= 11 is 1.11. The molecule has 1 rings (SSSR count). The largest absolute Gasteiger partial charge is 0.481 e. The predicted molar refractivity (Wildman–Crippen MR) is 68.1 cm³/mol. The van der Waals surface area contributed by atoms with Gasteiger partial charge in [0, 0.05) is 6.54 Å². The number of sulfonamides is 1. The lowest BCUT2D eigenvalue weighted by Gasteiger charge is -2.06. The number of hydrogen-bond donors (Lipinski definition) is 2. The fourth-order valence-corrected chi connectivity index (χ4v) is 3.50. The number of aliphatic carboxylic acids is 1. The zero-order valence-corrected chi connectivity index (χ0v) is 11.8. The third kappa shape index (κ3) is 4.35. The van der Waals surface area contributed by atoms with E-state index in [0.717, 1.165) is 11.3 Å². The molecule has 18 heavy (non-hydrogen) atoms. The van der Waals surface area contributed by atoms with E-state index in [1.165, 1.54) is 6.20 Å². The zero-order chi connectivity index (χ0) is 13.8. The second-order valence-electron chi connectivity index (χ2n) is 3.98. The molecule has 1 heterocycles. The second kappa shape index (κ2) is 6.26. The maximum Gasteiger partial charge on any atom is 0.306 e. The molecule has 1 atom stereocenters. The monoisotopic (exact) mass is 292 g/mol. The van der Waals surface area contributed by atoms with Crippen molar-refractivity contribution in [3.63, 3.8) is 0 Å². The standard InChI is InChI=1S/C10H16N2O4S2/c1-7(10(13)14)4-3-5-12-18(15,16)9-6-11-8(2)17-9/h6-7,12H,3-5H2,1-2H3,(H,13,14). The van der Waals surface area contributed by atoms with Gasteiger partial charge < -0.3 is 5.11 Å². The van der Waals surface area contributed by atoms with Gasteiger partial charge in [0.15, 0.2) is 4.21 Å². The van der Waals surface area contributed by atoms with Gasteiger partial charge in [-0.3, -0.25) is 4.79 Å². The van der Waals surface area contributed by atoms with Crippen LogP contribution in [-0.2, 0) is 14.8 Å². The SMILES string of the molecule is Cc1ncc(S(=O)(=O)NCCCC(C)C(=O)O)s1. The summed E-state index contributed by atoms with van der Waals surface area (Å²) in [6, 6.07) is 0. The average molecular weight is 292 g/mol. The first kappa shape index (κ1) is 15.1. The molecule has 1 unspecified atom stereocenters. The van der Waals surface area contributed by atoms with Crippen LogP contribution in [0.3, 0.4) is 0 Å². The molecule has 0 saturated heterocycles. The number of rotatable bonds is 7. The molecular weight excluding hydrogens is 276 g/mol. The number of nitrogens with zero attached hydrogens (tertiary/aromatic N) is 1. The molecule has 6 nitrogen and oxygen atoms in total. The minimum atomic E-state index is -3.50. The molecule has 0 spiro atoms. The third-order valence-electron chi connectivity index (χ3n) is 2.39. The van der Waals surface area contributed by atoms with E-state index >= 15 is 0 Å². The Morgan fingerprint density at radius 3 is 2.78 bits per heavy atom. The van der Waals surface area contributed by atoms with E-state index in [2.05, 4.69) is 9.71 Å². The lowest BCUT2D eigenvalue weighted by Crippen LogP contribution is -2.24. The summed E-state index contributed by atoms with van der Waals surface area (Å²) < 4.78 is 26.2. The number of carbonyl (C=O) groups is 1. The Kier molecular flexibility index (Phi) is 5.24. The van der Waals surface area contributed by atoms with E-state index < -0.39 is 21.9 Å². The Morgan fingerprint density at radius 1 is 1.61 bits per heavy atom. The van der Waals surface area contributed by atoms with Crippen molar-refractivity contribution in [1.29, 1.82) is 0 Å². The van der Waals surface area contributed by atoms with Crippen molar-refractivity contribution in [1.82, 2.24) is 9.71 Å². The maximum atomic E-state index is 11.8. The first-order valence-corrected chi connectivity index (χ1v) is 7.78. The van der Waals surface area contributed by atoms with Crippen molar-refractivity contribution >= 4 is 27.3 Å². The first-order chi connectivity index (χ1) is 8.33. The Labute approximate surface area is 110 Å². The summed E-state index contributed by atoms with van der Waals surface area (Å²) in [5.41, 5.74) is 0. The van der Waals surface area contributed by atoms with Crippen molar-refractivity contribution in [3.05, 3.63) is 11.2 Å². The van der Waals surface area contributed by atoms with Crippen molar-refractivity contribution < 1.29 is 18.3 Å². The second-order valence-corrected chi connectivity index (χ2v) is 7.21. The van der Waals surface area contributed by atoms with E-state index in [1.807, 2.05) is 0 Å². The van der Waals surface area contributed by atoms with E-state index in [1.54, 1.807) is 13.8 Å². The van der Waals surface area contributed by atoms with Gasteiger partial charge in [-0.15, -0.1) is 11.3 Å². The molecule has 0 bridgehead atoms.